The van der Waals surface area contributed by atoms with Crippen LogP contribution in [0.2, 0.25) is 0 Å². The number of hydrogen-bond donors (Lipinski definition) is 1. The zero-order valence-corrected chi connectivity index (χ0v) is 13.6. The van der Waals surface area contributed by atoms with E-state index in [0.717, 1.165) is 11.3 Å². The molecule has 1 aromatic carbocycles. The number of benzene rings is 1. The van der Waals surface area contributed by atoms with Crippen molar-refractivity contribution in [3.05, 3.63) is 54.2 Å². The lowest BCUT2D eigenvalue weighted by Gasteiger charge is -2.43. The van der Waals surface area contributed by atoms with Gasteiger partial charge in [0.05, 0.1) is 12.2 Å². The lowest BCUT2D eigenvalue weighted by atomic mass is 10.1. The Morgan fingerprint density at radius 1 is 1.20 bits per heavy atom. The van der Waals surface area contributed by atoms with E-state index in [4.69, 9.17) is 4.74 Å². The molecule has 128 valence electrons. The molecule has 2 aromatic rings. The minimum atomic E-state index is -0.422. The van der Waals surface area contributed by atoms with Crippen molar-refractivity contribution in [2.75, 3.05) is 29.9 Å². The van der Waals surface area contributed by atoms with Gasteiger partial charge in [0, 0.05) is 19.3 Å². The lowest BCUT2D eigenvalue weighted by molar-refractivity contribution is -0.118. The highest BCUT2D eigenvalue weighted by Gasteiger charge is 2.39. The van der Waals surface area contributed by atoms with Crippen LogP contribution in [0, 0.1) is 0 Å². The summed E-state index contributed by atoms with van der Waals surface area (Å²) in [5.41, 5.74) is 1.83. The number of ether oxygens (including phenoxy) is 1. The second-order valence-corrected chi connectivity index (χ2v) is 6.06. The molecular weight excluding hydrogens is 320 g/mol. The number of aromatic nitrogens is 1. The molecule has 0 saturated carbocycles. The Morgan fingerprint density at radius 2 is 2.04 bits per heavy atom. The summed E-state index contributed by atoms with van der Waals surface area (Å²) >= 11 is 0. The minimum Gasteiger partial charge on any atom is -0.445 e. The van der Waals surface area contributed by atoms with E-state index < -0.39 is 12.1 Å². The van der Waals surface area contributed by atoms with E-state index in [2.05, 4.69) is 10.3 Å². The average molecular weight is 338 g/mol. The number of nitrogens with zero attached hydrogens (tertiary/aromatic N) is 3. The summed E-state index contributed by atoms with van der Waals surface area (Å²) in [5.74, 6) is 0.426. The van der Waals surface area contributed by atoms with Gasteiger partial charge in [0.25, 0.3) is 0 Å². The Balaban J connectivity index is 1.42. The van der Waals surface area contributed by atoms with Gasteiger partial charge in [-0.15, -0.1) is 0 Å². The molecule has 2 aliphatic rings. The fourth-order valence-corrected chi connectivity index (χ4v) is 3.20. The number of pyridine rings is 1. The molecular formula is C18H18N4O3. The first-order valence-corrected chi connectivity index (χ1v) is 8.20. The average Bonchev–Trinajstić information content (AvgIpc) is 2.67. The number of fused-ring (bicyclic) bond motifs is 3. The first kappa shape index (κ1) is 15.4. The number of hydrogen-bond acceptors (Lipinski definition) is 5. The molecule has 2 amide bonds. The summed E-state index contributed by atoms with van der Waals surface area (Å²) in [6, 6.07) is 12.9. The van der Waals surface area contributed by atoms with Crippen LogP contribution in [-0.4, -0.2) is 47.6 Å². The monoisotopic (exact) mass is 338 g/mol. The third kappa shape index (κ3) is 3.00. The van der Waals surface area contributed by atoms with Gasteiger partial charge in [0.1, 0.15) is 12.6 Å². The van der Waals surface area contributed by atoms with Crippen LogP contribution in [-0.2, 0) is 16.1 Å². The Bertz CT molecular complexity index is 796. The van der Waals surface area contributed by atoms with Gasteiger partial charge in [-0.1, -0.05) is 30.3 Å². The Kier molecular flexibility index (Phi) is 3.97. The maximum atomic E-state index is 12.4. The molecule has 0 bridgehead atoms. The van der Waals surface area contributed by atoms with E-state index in [-0.39, 0.29) is 12.5 Å². The summed E-state index contributed by atoms with van der Waals surface area (Å²) in [6.07, 6.45) is 1.25. The van der Waals surface area contributed by atoms with Crippen molar-refractivity contribution in [1.29, 1.82) is 0 Å². The zero-order valence-electron chi connectivity index (χ0n) is 13.6. The van der Waals surface area contributed by atoms with E-state index >= 15 is 0 Å². The molecule has 0 radical (unpaired) electrons. The molecule has 7 heteroatoms. The van der Waals surface area contributed by atoms with Crippen LogP contribution in [0.5, 0.6) is 0 Å². The molecule has 0 spiro atoms. The van der Waals surface area contributed by atoms with Crippen LogP contribution in [0.3, 0.4) is 0 Å². The quantitative estimate of drug-likeness (QED) is 0.905. The predicted octanol–water partition coefficient (Wildman–Crippen LogP) is 1.86. The third-order valence-corrected chi connectivity index (χ3v) is 4.48. The fraction of sp³-hybridized carbons (Fsp3) is 0.278. The number of rotatable bonds is 2. The summed E-state index contributed by atoms with van der Waals surface area (Å²) < 4.78 is 5.38. The van der Waals surface area contributed by atoms with E-state index in [1.165, 1.54) is 0 Å². The van der Waals surface area contributed by atoms with Crippen molar-refractivity contribution in [2.45, 2.75) is 12.6 Å². The zero-order chi connectivity index (χ0) is 17.2. The predicted molar refractivity (Wildman–Crippen MR) is 92.2 cm³/mol. The van der Waals surface area contributed by atoms with Crippen LogP contribution in [0.25, 0.3) is 0 Å². The number of carbonyl (C=O) groups excluding carboxylic acids is 2. The molecule has 0 aliphatic carbocycles. The van der Waals surface area contributed by atoms with Crippen molar-refractivity contribution in [3.8, 4) is 0 Å². The topological polar surface area (TPSA) is 74.8 Å². The molecule has 1 saturated heterocycles. The summed E-state index contributed by atoms with van der Waals surface area (Å²) in [6.45, 7) is 1.60. The molecule has 1 fully saturated rings. The highest BCUT2D eigenvalue weighted by Crippen LogP contribution is 2.31. The molecule has 4 rings (SSSR count). The number of piperazine rings is 1. The number of amides is 2. The molecule has 25 heavy (non-hydrogen) atoms. The molecule has 2 aliphatic heterocycles. The van der Waals surface area contributed by atoms with Gasteiger partial charge >= 0.3 is 6.09 Å². The maximum absolute atomic E-state index is 12.4. The fourth-order valence-electron chi connectivity index (χ4n) is 3.20. The van der Waals surface area contributed by atoms with Gasteiger partial charge in [-0.25, -0.2) is 9.78 Å². The highest BCUT2D eigenvalue weighted by molar-refractivity contribution is 6.03. The second-order valence-electron chi connectivity index (χ2n) is 6.06. The SMILES string of the molecule is O=C1Nc2ncccc2N2CCN(C(=O)OCc3ccccc3)CC12. The lowest BCUT2D eigenvalue weighted by Crippen LogP contribution is -2.61. The van der Waals surface area contributed by atoms with Crippen LogP contribution >= 0.6 is 0 Å². The van der Waals surface area contributed by atoms with Gasteiger partial charge in [-0.3, -0.25) is 4.79 Å². The summed E-state index contributed by atoms with van der Waals surface area (Å²) in [5, 5.41) is 2.81. The highest BCUT2D eigenvalue weighted by atomic mass is 16.6. The molecule has 1 N–H and O–H groups in total. The largest absolute Gasteiger partial charge is 0.445 e. The van der Waals surface area contributed by atoms with Crippen LogP contribution in [0.4, 0.5) is 16.3 Å². The first-order chi connectivity index (χ1) is 12.2. The summed E-state index contributed by atoms with van der Waals surface area (Å²) in [7, 11) is 0. The van der Waals surface area contributed by atoms with Crippen molar-refractivity contribution >= 4 is 23.5 Å². The third-order valence-electron chi connectivity index (χ3n) is 4.48. The van der Waals surface area contributed by atoms with Gasteiger partial charge < -0.3 is 19.9 Å². The van der Waals surface area contributed by atoms with E-state index in [0.29, 0.717) is 25.5 Å². The first-order valence-electron chi connectivity index (χ1n) is 8.20. The Morgan fingerprint density at radius 3 is 2.88 bits per heavy atom. The van der Waals surface area contributed by atoms with Gasteiger partial charge in [-0.05, 0) is 17.7 Å². The molecule has 1 aromatic heterocycles. The summed E-state index contributed by atoms with van der Waals surface area (Å²) in [4.78, 5) is 32.5. The van der Waals surface area contributed by atoms with E-state index in [1.54, 1.807) is 11.1 Å². The van der Waals surface area contributed by atoms with Crippen molar-refractivity contribution in [1.82, 2.24) is 9.88 Å². The van der Waals surface area contributed by atoms with Gasteiger partial charge in [0.2, 0.25) is 5.91 Å². The van der Waals surface area contributed by atoms with Crippen molar-refractivity contribution in [3.63, 3.8) is 0 Å². The standard InChI is InChI=1S/C18H18N4O3/c23-17-15-11-21(18(24)25-12-13-5-2-1-3-6-13)9-10-22(15)14-7-4-8-19-16(14)20-17/h1-8,15H,9-12H2,(H,19,20,23). The maximum Gasteiger partial charge on any atom is 0.410 e. The van der Waals surface area contributed by atoms with Gasteiger partial charge in [0.15, 0.2) is 5.82 Å². The number of carbonyl (C=O) groups is 2. The second kappa shape index (κ2) is 6.43. The van der Waals surface area contributed by atoms with Gasteiger partial charge in [-0.2, -0.15) is 0 Å². The number of anilines is 2. The molecule has 1 unspecified atom stereocenters. The van der Waals surface area contributed by atoms with Crippen LogP contribution in [0.15, 0.2) is 48.7 Å². The molecule has 7 nitrogen and oxygen atoms in total. The smallest absolute Gasteiger partial charge is 0.410 e. The van der Waals surface area contributed by atoms with E-state index in [9.17, 15) is 9.59 Å². The molecule has 3 heterocycles. The minimum absolute atomic E-state index is 0.147. The normalized spacial score (nSPS) is 18.9. The van der Waals surface area contributed by atoms with Crippen LogP contribution in [0.1, 0.15) is 5.56 Å². The molecule has 1 atom stereocenters. The van der Waals surface area contributed by atoms with E-state index in [1.807, 2.05) is 47.4 Å². The Labute approximate surface area is 145 Å². The Hall–Kier alpha value is -3.09. The van der Waals surface area contributed by atoms with Crippen LogP contribution < -0.4 is 10.2 Å². The van der Waals surface area contributed by atoms with Crippen molar-refractivity contribution < 1.29 is 14.3 Å². The van der Waals surface area contributed by atoms with Crippen molar-refractivity contribution in [2.24, 2.45) is 0 Å². The number of nitrogens with one attached hydrogen (secondary N) is 1.